The molecule has 0 saturated heterocycles. The average Bonchev–Trinajstić information content (AvgIpc) is 1.94. The van der Waals surface area contributed by atoms with Gasteiger partial charge in [0.05, 0.1) is 5.69 Å². The highest BCUT2D eigenvalue weighted by Gasteiger charge is 2.16. The van der Waals surface area contributed by atoms with Gasteiger partial charge in [-0.3, -0.25) is 0 Å². The molecule has 0 spiro atoms. The van der Waals surface area contributed by atoms with E-state index in [1.807, 2.05) is 0 Å². The molecule has 7 heteroatoms. The number of hydrogen-bond donors (Lipinski definition) is 1. The highest BCUT2D eigenvalue weighted by Crippen LogP contribution is 2.32. The van der Waals surface area contributed by atoms with Crippen LogP contribution >= 0.6 is 42.5 Å². The second kappa shape index (κ2) is 3.76. The first-order valence-electron chi connectivity index (χ1n) is 3.01. The van der Waals surface area contributed by atoms with Crippen LogP contribution in [0.1, 0.15) is 0 Å². The van der Waals surface area contributed by atoms with Crippen LogP contribution in [0.15, 0.2) is 26.0 Å². The minimum absolute atomic E-state index is 0.101. The number of nitrogen functional groups attached to an aromatic ring is 1. The van der Waals surface area contributed by atoms with Crippen LogP contribution in [-0.2, 0) is 9.05 Å². The molecule has 1 aromatic carbocycles. The molecule has 3 nitrogen and oxygen atoms in total. The number of halogens is 3. The van der Waals surface area contributed by atoms with Crippen LogP contribution in [0, 0.1) is 0 Å². The van der Waals surface area contributed by atoms with Gasteiger partial charge in [-0.05, 0) is 28.1 Å². The van der Waals surface area contributed by atoms with Crippen molar-refractivity contribution < 1.29 is 8.42 Å². The van der Waals surface area contributed by atoms with Crippen LogP contribution < -0.4 is 5.73 Å². The van der Waals surface area contributed by atoms with Gasteiger partial charge in [0.15, 0.2) is 0 Å². The molecule has 0 amide bonds. The van der Waals surface area contributed by atoms with Crippen LogP contribution in [-0.4, -0.2) is 8.42 Å². The molecule has 72 valence electrons. The Hall–Kier alpha value is 0.220. The second-order valence-corrected chi connectivity index (χ2v) is 6.54. The molecule has 0 bridgehead atoms. The molecule has 0 unspecified atom stereocenters. The quantitative estimate of drug-likeness (QED) is 0.626. The Balaban J connectivity index is 3.56. The molecule has 13 heavy (non-hydrogen) atoms. The Morgan fingerprint density at radius 2 is 1.85 bits per heavy atom. The molecular weight excluding hydrogens is 345 g/mol. The zero-order chi connectivity index (χ0) is 10.2. The average molecular weight is 349 g/mol. The van der Waals surface area contributed by atoms with Crippen LogP contribution in [0.25, 0.3) is 0 Å². The number of anilines is 1. The highest BCUT2D eigenvalue weighted by molar-refractivity contribution is 9.11. The molecule has 0 aliphatic heterocycles. The number of hydrogen-bond acceptors (Lipinski definition) is 3. The molecule has 1 rings (SSSR count). The zero-order valence-corrected chi connectivity index (χ0v) is 10.8. The highest BCUT2D eigenvalue weighted by atomic mass is 79.9. The van der Waals surface area contributed by atoms with Gasteiger partial charge in [-0.15, -0.1) is 0 Å². The van der Waals surface area contributed by atoms with Crippen LogP contribution in [0.2, 0.25) is 0 Å². The Morgan fingerprint density at radius 1 is 1.31 bits per heavy atom. The van der Waals surface area contributed by atoms with Crippen molar-refractivity contribution in [3.05, 3.63) is 21.1 Å². The molecule has 0 atom stereocenters. The summed E-state index contributed by atoms with van der Waals surface area (Å²) in [6, 6.07) is 2.99. The van der Waals surface area contributed by atoms with E-state index in [-0.39, 0.29) is 10.6 Å². The van der Waals surface area contributed by atoms with E-state index >= 15 is 0 Å². The monoisotopic (exact) mass is 347 g/mol. The number of nitrogens with two attached hydrogens (primary N) is 1. The standard InChI is InChI=1S/C6H4Br2ClNO2S/c7-3-1-4(8)6(10)5(2-3)13(9,11)12/h1-2H,10H2. The van der Waals surface area contributed by atoms with Crippen molar-refractivity contribution >= 4 is 57.3 Å². The summed E-state index contributed by atoms with van der Waals surface area (Å²) in [5, 5.41) is 0. The maximum Gasteiger partial charge on any atom is 0.263 e. The lowest BCUT2D eigenvalue weighted by atomic mass is 10.3. The smallest absolute Gasteiger partial charge is 0.263 e. The van der Waals surface area contributed by atoms with Crippen molar-refractivity contribution in [2.75, 3.05) is 5.73 Å². The van der Waals surface area contributed by atoms with E-state index < -0.39 is 9.05 Å². The van der Waals surface area contributed by atoms with Crippen molar-refractivity contribution in [2.45, 2.75) is 4.90 Å². The van der Waals surface area contributed by atoms with Gasteiger partial charge in [0.25, 0.3) is 9.05 Å². The first-order chi connectivity index (χ1) is 5.82. The molecule has 1 aromatic rings. The normalized spacial score (nSPS) is 11.6. The first-order valence-corrected chi connectivity index (χ1v) is 6.91. The largest absolute Gasteiger partial charge is 0.397 e. The molecule has 0 radical (unpaired) electrons. The number of benzene rings is 1. The van der Waals surface area contributed by atoms with Crippen LogP contribution in [0.3, 0.4) is 0 Å². The lowest BCUT2D eigenvalue weighted by Gasteiger charge is -2.04. The first kappa shape index (κ1) is 11.3. The fourth-order valence-corrected chi connectivity index (χ4v) is 3.29. The number of rotatable bonds is 1. The summed E-state index contributed by atoms with van der Waals surface area (Å²) in [6.07, 6.45) is 0. The Kier molecular flexibility index (Phi) is 3.27. The van der Waals surface area contributed by atoms with E-state index in [2.05, 4.69) is 31.9 Å². The summed E-state index contributed by atoms with van der Waals surface area (Å²) in [5.74, 6) is 0. The van der Waals surface area contributed by atoms with E-state index in [1.54, 1.807) is 6.07 Å². The van der Waals surface area contributed by atoms with Crippen molar-refractivity contribution in [3.63, 3.8) is 0 Å². The maximum absolute atomic E-state index is 11.0. The SMILES string of the molecule is Nc1c(Br)cc(Br)cc1S(=O)(=O)Cl. The van der Waals surface area contributed by atoms with E-state index in [0.717, 1.165) is 0 Å². The zero-order valence-electron chi connectivity index (χ0n) is 6.09. The molecule has 0 aliphatic carbocycles. The molecular formula is C6H4Br2ClNO2S. The van der Waals surface area contributed by atoms with Gasteiger partial charge in [0, 0.05) is 19.6 Å². The fraction of sp³-hybridized carbons (Fsp3) is 0. The van der Waals surface area contributed by atoms with E-state index in [1.165, 1.54) is 6.07 Å². The minimum atomic E-state index is -3.79. The second-order valence-electron chi connectivity index (χ2n) is 2.24. The van der Waals surface area contributed by atoms with Crippen LogP contribution in [0.4, 0.5) is 5.69 Å². The van der Waals surface area contributed by atoms with Gasteiger partial charge >= 0.3 is 0 Å². The third kappa shape index (κ3) is 2.59. The summed E-state index contributed by atoms with van der Waals surface area (Å²) < 4.78 is 23.1. The van der Waals surface area contributed by atoms with Gasteiger partial charge in [-0.1, -0.05) is 15.9 Å². The Labute approximate surface area is 96.9 Å². The molecule has 2 N–H and O–H groups in total. The van der Waals surface area contributed by atoms with E-state index in [4.69, 9.17) is 16.4 Å². The van der Waals surface area contributed by atoms with Crippen LogP contribution in [0.5, 0.6) is 0 Å². The van der Waals surface area contributed by atoms with Gasteiger partial charge in [-0.25, -0.2) is 8.42 Å². The van der Waals surface area contributed by atoms with Crippen molar-refractivity contribution in [3.8, 4) is 0 Å². The Bertz CT molecular complexity index is 446. The van der Waals surface area contributed by atoms with Gasteiger partial charge in [-0.2, -0.15) is 0 Å². The minimum Gasteiger partial charge on any atom is -0.397 e. The third-order valence-electron chi connectivity index (χ3n) is 1.32. The molecule has 0 fully saturated rings. The molecule has 0 aliphatic rings. The lowest BCUT2D eigenvalue weighted by Crippen LogP contribution is -1.99. The predicted molar refractivity (Wildman–Crippen MR) is 59.3 cm³/mol. The van der Waals surface area contributed by atoms with E-state index in [9.17, 15) is 8.42 Å². The topological polar surface area (TPSA) is 60.2 Å². The summed E-state index contributed by atoms with van der Waals surface area (Å²) >= 11 is 6.24. The summed E-state index contributed by atoms with van der Waals surface area (Å²) in [6.45, 7) is 0. The lowest BCUT2D eigenvalue weighted by molar-refractivity contribution is 0.610. The predicted octanol–water partition coefficient (Wildman–Crippen LogP) is 2.72. The molecule has 0 saturated carbocycles. The molecule has 0 heterocycles. The summed E-state index contributed by atoms with van der Waals surface area (Å²) in [7, 11) is 1.37. The fourth-order valence-electron chi connectivity index (χ4n) is 0.763. The van der Waals surface area contributed by atoms with E-state index in [0.29, 0.717) is 8.95 Å². The molecule has 0 aromatic heterocycles. The summed E-state index contributed by atoms with van der Waals surface area (Å²) in [4.78, 5) is -0.101. The Morgan fingerprint density at radius 3 is 2.31 bits per heavy atom. The maximum atomic E-state index is 11.0. The van der Waals surface area contributed by atoms with Gasteiger partial charge < -0.3 is 5.73 Å². The van der Waals surface area contributed by atoms with Gasteiger partial charge in [0.2, 0.25) is 0 Å². The van der Waals surface area contributed by atoms with Crippen molar-refractivity contribution in [1.29, 1.82) is 0 Å². The third-order valence-corrected chi connectivity index (χ3v) is 3.79. The summed E-state index contributed by atoms with van der Waals surface area (Å²) in [5.41, 5.74) is 5.62. The van der Waals surface area contributed by atoms with Gasteiger partial charge in [0.1, 0.15) is 4.90 Å². The van der Waals surface area contributed by atoms with Crippen molar-refractivity contribution in [2.24, 2.45) is 0 Å². The van der Waals surface area contributed by atoms with Crippen molar-refractivity contribution in [1.82, 2.24) is 0 Å².